The van der Waals surface area contributed by atoms with Gasteiger partial charge in [-0.25, -0.2) is 9.78 Å². The number of hydrogen-bond donors (Lipinski definition) is 3. The van der Waals surface area contributed by atoms with Gasteiger partial charge >= 0.3 is 5.97 Å². The van der Waals surface area contributed by atoms with Crippen molar-refractivity contribution in [2.75, 3.05) is 24.7 Å². The number of hydrogen-bond acceptors (Lipinski definition) is 7. The molecule has 0 aliphatic rings. The Morgan fingerprint density at radius 2 is 2.25 bits per heavy atom. The molecule has 0 aliphatic carbocycles. The number of aromatic nitrogens is 2. The van der Waals surface area contributed by atoms with Gasteiger partial charge in [-0.3, -0.25) is 0 Å². The first-order chi connectivity index (χ1) is 11.6. The van der Waals surface area contributed by atoms with Crippen LogP contribution >= 0.6 is 11.3 Å². The third-order valence-corrected chi connectivity index (χ3v) is 4.52. The van der Waals surface area contributed by atoms with E-state index >= 15 is 0 Å². The number of thiophene rings is 1. The Kier molecular flexibility index (Phi) is 4.59. The van der Waals surface area contributed by atoms with Crippen molar-refractivity contribution in [2.45, 2.75) is 6.10 Å². The molecule has 124 valence electrons. The maximum absolute atomic E-state index is 11.2. The van der Waals surface area contributed by atoms with Gasteiger partial charge in [-0.05, 0) is 29.6 Å². The molecular formula is C16H16N4O3S. The zero-order valence-corrected chi connectivity index (χ0v) is 13.7. The highest BCUT2D eigenvalue weighted by molar-refractivity contribution is 7.10. The molecule has 0 bridgehead atoms. The maximum atomic E-state index is 11.2. The molecule has 2 heterocycles. The SMILES string of the molecule is COC(CNc1nc(N)nc2ccc(C(=O)O)cc12)c1cccs1. The van der Waals surface area contributed by atoms with Crippen LogP contribution in [0.15, 0.2) is 35.7 Å². The Morgan fingerprint density at radius 3 is 2.92 bits per heavy atom. The molecule has 8 heteroatoms. The number of nitrogens with two attached hydrogens (primary N) is 1. The van der Waals surface area contributed by atoms with Crippen LogP contribution in [-0.4, -0.2) is 34.7 Å². The van der Waals surface area contributed by atoms with Crippen molar-refractivity contribution < 1.29 is 14.6 Å². The highest BCUT2D eigenvalue weighted by atomic mass is 32.1. The van der Waals surface area contributed by atoms with Crippen molar-refractivity contribution in [3.63, 3.8) is 0 Å². The van der Waals surface area contributed by atoms with Crippen LogP contribution in [-0.2, 0) is 4.74 Å². The molecule has 1 atom stereocenters. The van der Waals surface area contributed by atoms with E-state index in [4.69, 9.17) is 15.6 Å². The normalized spacial score (nSPS) is 12.2. The summed E-state index contributed by atoms with van der Waals surface area (Å²) in [6, 6.07) is 8.60. The van der Waals surface area contributed by atoms with Crippen LogP contribution < -0.4 is 11.1 Å². The van der Waals surface area contributed by atoms with Gasteiger partial charge in [-0.1, -0.05) is 6.07 Å². The van der Waals surface area contributed by atoms with Gasteiger partial charge in [-0.2, -0.15) is 4.98 Å². The summed E-state index contributed by atoms with van der Waals surface area (Å²) in [6.45, 7) is 0.472. The minimum absolute atomic E-state index is 0.123. The van der Waals surface area contributed by atoms with E-state index in [1.54, 1.807) is 24.5 Å². The van der Waals surface area contributed by atoms with Crippen LogP contribution in [0, 0.1) is 0 Å². The van der Waals surface area contributed by atoms with E-state index in [1.807, 2.05) is 17.5 Å². The van der Waals surface area contributed by atoms with E-state index < -0.39 is 5.97 Å². The number of fused-ring (bicyclic) bond motifs is 1. The van der Waals surface area contributed by atoms with E-state index in [9.17, 15) is 4.79 Å². The summed E-state index contributed by atoms with van der Waals surface area (Å²) in [7, 11) is 1.64. The number of ether oxygens (including phenoxy) is 1. The monoisotopic (exact) mass is 344 g/mol. The fourth-order valence-electron chi connectivity index (χ4n) is 2.38. The largest absolute Gasteiger partial charge is 0.478 e. The first-order valence-corrected chi connectivity index (χ1v) is 8.07. The molecule has 1 unspecified atom stereocenters. The van der Waals surface area contributed by atoms with Crippen molar-refractivity contribution >= 4 is 40.0 Å². The Bertz CT molecular complexity index is 867. The summed E-state index contributed by atoms with van der Waals surface area (Å²) in [5.74, 6) is -0.398. The lowest BCUT2D eigenvalue weighted by atomic mass is 10.1. The van der Waals surface area contributed by atoms with Crippen molar-refractivity contribution in [2.24, 2.45) is 0 Å². The van der Waals surface area contributed by atoms with E-state index in [2.05, 4.69) is 15.3 Å². The summed E-state index contributed by atoms with van der Waals surface area (Å²) in [4.78, 5) is 20.6. The molecular weight excluding hydrogens is 328 g/mol. The number of carbonyl (C=O) groups is 1. The molecule has 0 radical (unpaired) electrons. The van der Waals surface area contributed by atoms with Gasteiger partial charge in [0.25, 0.3) is 0 Å². The second-order valence-corrected chi connectivity index (χ2v) is 6.07. The standard InChI is InChI=1S/C16H16N4O3S/c1-23-12(13-3-2-6-24-13)8-18-14-10-7-9(15(21)22)4-5-11(10)19-16(17)20-14/h2-7,12H,8H2,1H3,(H,21,22)(H3,17,18,19,20). The molecule has 1 aromatic carbocycles. The minimum atomic E-state index is -1.01. The topological polar surface area (TPSA) is 110 Å². The lowest BCUT2D eigenvalue weighted by Crippen LogP contribution is -2.15. The summed E-state index contributed by atoms with van der Waals surface area (Å²) in [6.07, 6.45) is -0.140. The Morgan fingerprint density at radius 1 is 1.42 bits per heavy atom. The number of nitrogens with zero attached hydrogens (tertiary/aromatic N) is 2. The van der Waals surface area contributed by atoms with Gasteiger partial charge in [0.1, 0.15) is 11.9 Å². The van der Waals surface area contributed by atoms with Crippen LogP contribution in [0.4, 0.5) is 11.8 Å². The molecule has 3 rings (SSSR count). The lowest BCUT2D eigenvalue weighted by Gasteiger charge is -2.16. The fraction of sp³-hybridized carbons (Fsp3) is 0.188. The first-order valence-electron chi connectivity index (χ1n) is 7.19. The number of nitrogens with one attached hydrogen (secondary N) is 1. The molecule has 0 fully saturated rings. The quantitative estimate of drug-likeness (QED) is 0.630. The Balaban J connectivity index is 1.92. The molecule has 0 saturated carbocycles. The van der Waals surface area contributed by atoms with E-state index in [-0.39, 0.29) is 17.6 Å². The van der Waals surface area contributed by atoms with Crippen molar-refractivity contribution in [3.05, 3.63) is 46.2 Å². The summed E-state index contributed by atoms with van der Waals surface area (Å²) in [5.41, 5.74) is 6.50. The van der Waals surface area contributed by atoms with Crippen molar-refractivity contribution in [1.29, 1.82) is 0 Å². The number of nitrogen functional groups attached to an aromatic ring is 1. The van der Waals surface area contributed by atoms with Gasteiger partial charge in [0.15, 0.2) is 0 Å². The predicted octanol–water partition coefficient (Wildman–Crippen LogP) is 2.77. The second-order valence-electron chi connectivity index (χ2n) is 5.09. The first kappa shape index (κ1) is 16.2. The van der Waals surface area contributed by atoms with Gasteiger partial charge in [0.05, 0.1) is 11.1 Å². The number of methoxy groups -OCH3 is 1. The number of rotatable bonds is 6. The molecule has 4 N–H and O–H groups in total. The third kappa shape index (κ3) is 3.29. The molecule has 0 saturated heterocycles. The van der Waals surface area contributed by atoms with E-state index in [1.165, 1.54) is 12.1 Å². The fourth-order valence-corrected chi connectivity index (χ4v) is 3.18. The molecule has 2 aromatic heterocycles. The average molecular weight is 344 g/mol. The molecule has 24 heavy (non-hydrogen) atoms. The highest BCUT2D eigenvalue weighted by Gasteiger charge is 2.14. The summed E-state index contributed by atoms with van der Waals surface area (Å²) >= 11 is 1.60. The van der Waals surface area contributed by atoms with Crippen molar-refractivity contribution in [1.82, 2.24) is 9.97 Å². The van der Waals surface area contributed by atoms with Crippen LogP contribution in [0.5, 0.6) is 0 Å². The lowest BCUT2D eigenvalue weighted by molar-refractivity contribution is 0.0697. The van der Waals surface area contributed by atoms with Gasteiger partial charge in [0.2, 0.25) is 5.95 Å². The third-order valence-electron chi connectivity index (χ3n) is 3.56. The average Bonchev–Trinajstić information content (AvgIpc) is 3.09. The Labute approximate surface area is 142 Å². The van der Waals surface area contributed by atoms with Crippen LogP contribution in [0.2, 0.25) is 0 Å². The van der Waals surface area contributed by atoms with Gasteiger partial charge in [-0.15, -0.1) is 11.3 Å². The molecule has 0 aliphatic heterocycles. The number of benzene rings is 1. The smallest absolute Gasteiger partial charge is 0.335 e. The zero-order chi connectivity index (χ0) is 17.1. The number of carboxylic acid groups (broad SMARTS) is 1. The van der Waals surface area contributed by atoms with E-state index in [0.717, 1.165) is 4.88 Å². The van der Waals surface area contributed by atoms with Gasteiger partial charge in [0, 0.05) is 23.9 Å². The van der Waals surface area contributed by atoms with Crippen LogP contribution in [0.25, 0.3) is 10.9 Å². The molecule has 0 amide bonds. The molecule has 7 nitrogen and oxygen atoms in total. The second kappa shape index (κ2) is 6.81. The molecule has 3 aromatic rings. The van der Waals surface area contributed by atoms with Crippen LogP contribution in [0.3, 0.4) is 0 Å². The number of anilines is 2. The van der Waals surface area contributed by atoms with Crippen molar-refractivity contribution in [3.8, 4) is 0 Å². The number of aromatic carboxylic acids is 1. The summed E-state index contributed by atoms with van der Waals surface area (Å²) < 4.78 is 5.50. The highest BCUT2D eigenvalue weighted by Crippen LogP contribution is 2.26. The maximum Gasteiger partial charge on any atom is 0.335 e. The van der Waals surface area contributed by atoms with E-state index in [0.29, 0.717) is 23.3 Å². The minimum Gasteiger partial charge on any atom is -0.478 e. The summed E-state index contributed by atoms with van der Waals surface area (Å²) in [5, 5.41) is 14.9. The zero-order valence-electron chi connectivity index (χ0n) is 12.9. The molecule has 0 spiro atoms. The Hall–Kier alpha value is -2.71. The van der Waals surface area contributed by atoms with Gasteiger partial charge < -0.3 is 20.9 Å². The number of carboxylic acids is 1. The van der Waals surface area contributed by atoms with Crippen LogP contribution in [0.1, 0.15) is 21.3 Å². The predicted molar refractivity (Wildman–Crippen MR) is 93.5 cm³/mol.